The zero-order valence-corrected chi connectivity index (χ0v) is 17.8. The van der Waals surface area contributed by atoms with E-state index in [0.717, 1.165) is 16.7 Å². The lowest BCUT2D eigenvalue weighted by molar-refractivity contribution is -0.141. The predicted molar refractivity (Wildman–Crippen MR) is 122 cm³/mol. The molecule has 1 aliphatic rings. The lowest BCUT2D eigenvalue weighted by atomic mass is 9.93. The Morgan fingerprint density at radius 1 is 1.00 bits per heavy atom. The third-order valence-corrected chi connectivity index (χ3v) is 6.32. The number of rotatable bonds is 4. The van der Waals surface area contributed by atoms with Gasteiger partial charge in [0.1, 0.15) is 6.04 Å². The highest BCUT2D eigenvalue weighted by Crippen LogP contribution is 2.42. The van der Waals surface area contributed by atoms with Gasteiger partial charge in [-0.2, -0.15) is 0 Å². The van der Waals surface area contributed by atoms with Gasteiger partial charge < -0.3 is 15.7 Å². The van der Waals surface area contributed by atoms with E-state index < -0.39 is 18.1 Å². The fraction of sp³-hybridized carbons (Fsp3) is 0.200. The van der Waals surface area contributed by atoms with Crippen molar-refractivity contribution < 1.29 is 14.7 Å². The van der Waals surface area contributed by atoms with Crippen molar-refractivity contribution in [3.63, 3.8) is 0 Å². The highest BCUT2D eigenvalue weighted by atomic mass is 35.5. The first kappa shape index (κ1) is 20.9. The van der Waals surface area contributed by atoms with Crippen LogP contribution in [-0.2, 0) is 4.79 Å². The minimum atomic E-state index is -1.02. The van der Waals surface area contributed by atoms with Gasteiger partial charge in [-0.3, -0.25) is 4.79 Å². The predicted octanol–water partition coefficient (Wildman–Crippen LogP) is 5.33. The molecule has 3 aromatic rings. The summed E-state index contributed by atoms with van der Waals surface area (Å²) in [6.07, 6.45) is 0.882. The van der Waals surface area contributed by atoms with Crippen molar-refractivity contribution in [3.05, 3.63) is 88.4 Å². The van der Waals surface area contributed by atoms with Crippen molar-refractivity contribution in [2.24, 2.45) is 0 Å². The molecule has 0 aromatic heterocycles. The molecule has 1 heterocycles. The molecule has 6 heteroatoms. The van der Waals surface area contributed by atoms with Crippen LogP contribution in [0.5, 0.6) is 0 Å². The molecule has 4 rings (SSSR count). The summed E-state index contributed by atoms with van der Waals surface area (Å²) in [5, 5.41) is 10.4. The molecule has 31 heavy (non-hydrogen) atoms. The molecule has 1 fully saturated rings. The highest BCUT2D eigenvalue weighted by molar-refractivity contribution is 6.31. The van der Waals surface area contributed by atoms with Crippen molar-refractivity contribution in [1.29, 1.82) is 0 Å². The highest BCUT2D eigenvalue weighted by Gasteiger charge is 2.43. The topological polar surface area (TPSA) is 83.6 Å². The molecule has 0 spiro atoms. The number of carboxylic acid groups (broad SMARTS) is 1. The van der Waals surface area contributed by atoms with Crippen LogP contribution in [-0.4, -0.2) is 27.9 Å². The van der Waals surface area contributed by atoms with Crippen LogP contribution in [0.4, 0.5) is 5.69 Å². The summed E-state index contributed by atoms with van der Waals surface area (Å²) in [5.41, 5.74) is 10.1. The number of benzene rings is 3. The Morgan fingerprint density at radius 3 is 2.35 bits per heavy atom. The molecule has 0 radical (unpaired) electrons. The number of carboxylic acids is 1. The number of nitrogens with zero attached hydrogens (tertiary/aromatic N) is 1. The molecule has 158 valence electrons. The summed E-state index contributed by atoms with van der Waals surface area (Å²) >= 11 is 6.43. The second-order valence-electron chi connectivity index (χ2n) is 7.75. The smallest absolute Gasteiger partial charge is 0.326 e. The normalized spacial score (nSPS) is 18.2. The van der Waals surface area contributed by atoms with Gasteiger partial charge in [-0.1, -0.05) is 66.2 Å². The Kier molecular flexibility index (Phi) is 5.70. The first-order valence-corrected chi connectivity index (χ1v) is 10.5. The number of nitrogen functional groups attached to an aromatic ring is 1. The van der Waals surface area contributed by atoms with Crippen molar-refractivity contribution >= 4 is 29.2 Å². The van der Waals surface area contributed by atoms with Crippen LogP contribution < -0.4 is 5.73 Å². The lowest BCUT2D eigenvalue weighted by Gasteiger charge is -2.31. The fourth-order valence-electron chi connectivity index (χ4n) is 4.38. The van der Waals surface area contributed by atoms with Gasteiger partial charge in [0.25, 0.3) is 5.91 Å². The first-order valence-electron chi connectivity index (χ1n) is 10.1. The Bertz CT molecular complexity index is 1150. The van der Waals surface area contributed by atoms with Crippen LogP contribution in [0.3, 0.4) is 0 Å². The van der Waals surface area contributed by atoms with Gasteiger partial charge in [0.2, 0.25) is 0 Å². The van der Waals surface area contributed by atoms with Crippen molar-refractivity contribution in [1.82, 2.24) is 4.90 Å². The monoisotopic (exact) mass is 434 g/mol. The number of aliphatic carboxylic acids is 1. The van der Waals surface area contributed by atoms with Crippen LogP contribution in [0, 0.1) is 6.92 Å². The van der Waals surface area contributed by atoms with Gasteiger partial charge >= 0.3 is 5.97 Å². The molecular formula is C25H23ClN2O3. The van der Waals surface area contributed by atoms with Gasteiger partial charge in [-0.25, -0.2) is 4.79 Å². The van der Waals surface area contributed by atoms with E-state index in [0.29, 0.717) is 34.7 Å². The van der Waals surface area contributed by atoms with E-state index in [2.05, 4.69) is 0 Å². The second-order valence-corrected chi connectivity index (χ2v) is 8.16. The average Bonchev–Trinajstić information content (AvgIpc) is 3.21. The summed E-state index contributed by atoms with van der Waals surface area (Å²) in [6, 6.07) is 19.1. The number of nitrogens with two attached hydrogens (primary N) is 1. The molecule has 1 saturated heterocycles. The number of carbonyl (C=O) groups excluding carboxylic acids is 1. The fourth-order valence-corrected chi connectivity index (χ4v) is 4.64. The van der Waals surface area contributed by atoms with E-state index in [1.807, 2.05) is 54.6 Å². The Hall–Kier alpha value is -3.31. The van der Waals surface area contributed by atoms with Gasteiger partial charge in [0.15, 0.2) is 0 Å². The molecule has 2 atom stereocenters. The van der Waals surface area contributed by atoms with Crippen molar-refractivity contribution in [3.8, 4) is 11.1 Å². The van der Waals surface area contributed by atoms with Crippen LogP contribution in [0.2, 0.25) is 5.02 Å². The SMILES string of the molecule is Cc1c(N)ccc(-c2ccccc2)c1C(=O)N1C(C(=O)O)CCC1c1ccccc1Cl. The van der Waals surface area contributed by atoms with E-state index >= 15 is 0 Å². The number of anilines is 1. The molecule has 5 nitrogen and oxygen atoms in total. The second kappa shape index (κ2) is 8.44. The molecule has 0 saturated carbocycles. The van der Waals surface area contributed by atoms with E-state index in [-0.39, 0.29) is 5.91 Å². The number of carbonyl (C=O) groups is 2. The van der Waals surface area contributed by atoms with Gasteiger partial charge in [-0.05, 0) is 54.2 Å². The van der Waals surface area contributed by atoms with Crippen LogP contribution in [0.25, 0.3) is 11.1 Å². The molecule has 1 amide bonds. The Morgan fingerprint density at radius 2 is 1.68 bits per heavy atom. The van der Waals surface area contributed by atoms with E-state index in [9.17, 15) is 14.7 Å². The minimum absolute atomic E-state index is 0.349. The zero-order chi connectivity index (χ0) is 22.1. The minimum Gasteiger partial charge on any atom is -0.480 e. The molecule has 0 aliphatic carbocycles. The maximum atomic E-state index is 14.0. The third kappa shape index (κ3) is 3.77. The summed E-state index contributed by atoms with van der Waals surface area (Å²) in [5.74, 6) is -1.37. The van der Waals surface area contributed by atoms with Crippen molar-refractivity contribution in [2.45, 2.75) is 31.8 Å². The summed E-state index contributed by atoms with van der Waals surface area (Å²) in [6.45, 7) is 1.80. The number of halogens is 1. The molecule has 3 aromatic carbocycles. The van der Waals surface area contributed by atoms with Gasteiger partial charge in [0, 0.05) is 10.7 Å². The molecule has 0 bridgehead atoms. The standard InChI is InChI=1S/C25H23ClN2O3/c1-15-20(27)12-11-17(16-7-3-2-4-8-16)23(15)24(29)28-21(13-14-22(28)25(30)31)18-9-5-6-10-19(18)26/h2-12,21-22H,13-14,27H2,1H3,(H,30,31). The Labute approximate surface area is 186 Å². The van der Waals surface area contributed by atoms with Gasteiger partial charge in [-0.15, -0.1) is 0 Å². The summed E-state index contributed by atoms with van der Waals surface area (Å²) < 4.78 is 0. The Balaban J connectivity index is 1.88. The van der Waals surface area contributed by atoms with E-state index in [4.69, 9.17) is 17.3 Å². The number of hydrogen-bond acceptors (Lipinski definition) is 3. The third-order valence-electron chi connectivity index (χ3n) is 5.97. The number of amides is 1. The van der Waals surface area contributed by atoms with Crippen LogP contribution >= 0.6 is 11.6 Å². The number of hydrogen-bond donors (Lipinski definition) is 2. The van der Waals surface area contributed by atoms with Crippen molar-refractivity contribution in [2.75, 3.05) is 5.73 Å². The number of likely N-dealkylation sites (tertiary alicyclic amines) is 1. The quantitative estimate of drug-likeness (QED) is 0.544. The summed E-state index contributed by atoms with van der Waals surface area (Å²) in [7, 11) is 0. The molecule has 2 unspecified atom stereocenters. The lowest BCUT2D eigenvalue weighted by Crippen LogP contribution is -2.42. The zero-order valence-electron chi connectivity index (χ0n) is 17.1. The average molecular weight is 435 g/mol. The maximum Gasteiger partial charge on any atom is 0.326 e. The van der Waals surface area contributed by atoms with E-state index in [1.165, 1.54) is 4.90 Å². The molecular weight excluding hydrogens is 412 g/mol. The summed E-state index contributed by atoms with van der Waals surface area (Å²) in [4.78, 5) is 27.5. The first-order chi connectivity index (χ1) is 14.9. The van der Waals surface area contributed by atoms with Crippen LogP contribution in [0.15, 0.2) is 66.7 Å². The largest absolute Gasteiger partial charge is 0.480 e. The molecule has 1 aliphatic heterocycles. The molecule has 3 N–H and O–H groups in total. The van der Waals surface area contributed by atoms with E-state index in [1.54, 1.807) is 19.1 Å². The van der Waals surface area contributed by atoms with Crippen LogP contribution in [0.1, 0.15) is 40.4 Å². The maximum absolute atomic E-state index is 14.0. The van der Waals surface area contributed by atoms with Gasteiger partial charge in [0.05, 0.1) is 11.6 Å².